The Kier molecular flexibility index (Phi) is 5.19. The van der Waals surface area contributed by atoms with Crippen LogP contribution >= 0.6 is 0 Å². The number of aryl methyl sites for hydroxylation is 2. The zero-order valence-electron chi connectivity index (χ0n) is 19.7. The van der Waals surface area contributed by atoms with Crippen LogP contribution in [0.5, 0.6) is 5.88 Å². The summed E-state index contributed by atoms with van der Waals surface area (Å²) in [5.74, 6) is 0.840. The van der Waals surface area contributed by atoms with Gasteiger partial charge in [-0.2, -0.15) is 15.3 Å². The molecule has 0 fully saturated rings. The molecular weight excluding hydrogens is 418 g/mol. The monoisotopic (exact) mass is 447 g/mol. The first-order valence-corrected chi connectivity index (χ1v) is 11.2. The minimum Gasteiger partial charge on any atom is -0.476 e. The van der Waals surface area contributed by atoms with Gasteiger partial charge >= 0.3 is 0 Å². The molecule has 4 heterocycles. The quantitative estimate of drug-likeness (QED) is 0.447. The second-order valence-corrected chi connectivity index (χ2v) is 8.88. The molecule has 1 aliphatic heterocycles. The van der Waals surface area contributed by atoms with Gasteiger partial charge in [0.15, 0.2) is 0 Å². The fourth-order valence-electron chi connectivity index (χ4n) is 4.67. The Bertz CT molecular complexity index is 1350. The average Bonchev–Trinajstić information content (AvgIpc) is 3.44. The lowest BCUT2D eigenvalue weighted by molar-refractivity contribution is -0.129. The van der Waals surface area contributed by atoms with E-state index in [1.807, 2.05) is 25.0 Å². The fraction of sp³-hybridized carbons (Fsp3) is 0.417. The number of aromatic nitrogens is 6. The van der Waals surface area contributed by atoms with Crippen LogP contribution in [0.1, 0.15) is 42.4 Å². The molecule has 4 aromatic rings. The van der Waals surface area contributed by atoms with E-state index in [0.29, 0.717) is 25.6 Å². The topological polar surface area (TPSA) is 93.9 Å². The minimum absolute atomic E-state index is 0.00360. The summed E-state index contributed by atoms with van der Waals surface area (Å²) < 4.78 is 9.79. The number of ether oxygens (including phenoxy) is 1. The van der Waals surface area contributed by atoms with E-state index in [4.69, 9.17) is 9.84 Å². The lowest BCUT2D eigenvalue weighted by Crippen LogP contribution is -2.33. The fourth-order valence-corrected chi connectivity index (χ4v) is 4.67. The van der Waals surface area contributed by atoms with Crippen molar-refractivity contribution in [3.8, 4) is 17.0 Å². The molecule has 0 saturated heterocycles. The van der Waals surface area contributed by atoms with Gasteiger partial charge in [0, 0.05) is 38.0 Å². The van der Waals surface area contributed by atoms with Crippen LogP contribution in [0.25, 0.3) is 22.0 Å². The summed E-state index contributed by atoms with van der Waals surface area (Å²) in [6.07, 6.45) is 2.61. The SMILES string of the molecule is CC(=O)N1CCOc2c(cnn2C)-c2ccc3[nH]nc(c3c2)C(C)Cc2c(nn(C)c2C)C1. The number of nitrogens with one attached hydrogen (secondary N) is 1. The highest BCUT2D eigenvalue weighted by atomic mass is 16.5. The number of nitrogens with zero attached hydrogens (tertiary/aromatic N) is 6. The van der Waals surface area contributed by atoms with Crippen molar-refractivity contribution in [3.63, 3.8) is 0 Å². The van der Waals surface area contributed by atoms with Gasteiger partial charge in [-0.1, -0.05) is 13.0 Å². The number of carbonyl (C=O) groups is 1. The molecule has 1 unspecified atom stereocenters. The van der Waals surface area contributed by atoms with E-state index in [2.05, 4.69) is 47.3 Å². The maximum atomic E-state index is 12.4. The molecule has 5 rings (SSSR count). The van der Waals surface area contributed by atoms with Crippen LogP contribution < -0.4 is 4.74 Å². The molecule has 172 valence electrons. The predicted octanol–water partition coefficient (Wildman–Crippen LogP) is 3.09. The maximum absolute atomic E-state index is 12.4. The van der Waals surface area contributed by atoms with Crippen molar-refractivity contribution in [1.82, 2.24) is 34.7 Å². The van der Waals surface area contributed by atoms with Crippen LogP contribution in [0, 0.1) is 6.92 Å². The van der Waals surface area contributed by atoms with Crippen LogP contribution in [0.15, 0.2) is 24.4 Å². The van der Waals surface area contributed by atoms with Crippen molar-refractivity contribution >= 4 is 16.8 Å². The van der Waals surface area contributed by atoms with Crippen molar-refractivity contribution in [2.24, 2.45) is 14.1 Å². The highest BCUT2D eigenvalue weighted by Gasteiger charge is 2.23. The molecule has 0 aliphatic carbocycles. The Hall–Kier alpha value is -3.62. The minimum atomic E-state index is -0.00360. The third-order valence-electron chi connectivity index (χ3n) is 6.69. The molecule has 1 aliphatic rings. The summed E-state index contributed by atoms with van der Waals surface area (Å²) >= 11 is 0. The van der Waals surface area contributed by atoms with Crippen LogP contribution in [0.2, 0.25) is 0 Å². The molecule has 1 N–H and O–H groups in total. The van der Waals surface area contributed by atoms with E-state index in [9.17, 15) is 4.79 Å². The van der Waals surface area contributed by atoms with Gasteiger partial charge in [-0.3, -0.25) is 14.6 Å². The molecule has 1 amide bonds. The number of benzene rings is 1. The summed E-state index contributed by atoms with van der Waals surface area (Å²) in [7, 11) is 3.81. The number of hydrogen-bond acceptors (Lipinski definition) is 5. The van der Waals surface area contributed by atoms with Gasteiger partial charge < -0.3 is 9.64 Å². The van der Waals surface area contributed by atoms with Gasteiger partial charge in [-0.05, 0) is 36.6 Å². The predicted molar refractivity (Wildman–Crippen MR) is 125 cm³/mol. The van der Waals surface area contributed by atoms with E-state index < -0.39 is 0 Å². The van der Waals surface area contributed by atoms with Gasteiger partial charge in [0.25, 0.3) is 0 Å². The summed E-state index contributed by atoms with van der Waals surface area (Å²) in [6.45, 7) is 7.14. The largest absolute Gasteiger partial charge is 0.476 e. The van der Waals surface area contributed by atoms with Crippen LogP contribution in [-0.4, -0.2) is 53.7 Å². The Morgan fingerprint density at radius 3 is 2.85 bits per heavy atom. The normalized spacial score (nSPS) is 16.8. The summed E-state index contributed by atoms with van der Waals surface area (Å²) in [5.41, 5.74) is 7.18. The lowest BCUT2D eigenvalue weighted by Gasteiger charge is -2.21. The standard InChI is InChI=1S/C24H29N7O2/c1-14-10-18-15(2)29(4)28-22(18)13-31(16(3)32)8-9-33-24-20(12-25-30(24)5)17-6-7-21-19(11-17)23(14)27-26-21/h6-7,11-12,14H,8-10,13H2,1-5H3,(H,26,27). The van der Waals surface area contributed by atoms with Crippen molar-refractivity contribution in [2.45, 2.75) is 39.7 Å². The Morgan fingerprint density at radius 1 is 1.24 bits per heavy atom. The van der Waals surface area contributed by atoms with Crippen molar-refractivity contribution in [1.29, 1.82) is 0 Å². The number of H-pyrrole nitrogens is 1. The Labute approximate surface area is 192 Å². The van der Waals surface area contributed by atoms with Crippen molar-refractivity contribution < 1.29 is 9.53 Å². The molecule has 0 spiro atoms. The molecule has 1 aromatic carbocycles. The summed E-state index contributed by atoms with van der Waals surface area (Å²) in [4.78, 5) is 14.2. The van der Waals surface area contributed by atoms with E-state index in [1.54, 1.807) is 16.5 Å². The number of aromatic amines is 1. The first kappa shape index (κ1) is 21.2. The van der Waals surface area contributed by atoms with Gasteiger partial charge in [-0.15, -0.1) is 0 Å². The number of carbonyl (C=O) groups excluding carboxylic acids is 1. The van der Waals surface area contributed by atoms with Crippen molar-refractivity contribution in [2.75, 3.05) is 13.2 Å². The zero-order chi connectivity index (χ0) is 23.3. The van der Waals surface area contributed by atoms with Crippen molar-refractivity contribution in [3.05, 3.63) is 47.0 Å². The Balaban J connectivity index is 1.66. The van der Waals surface area contributed by atoms with E-state index in [1.165, 1.54) is 5.56 Å². The first-order valence-electron chi connectivity index (χ1n) is 11.2. The number of amides is 1. The van der Waals surface area contributed by atoms with E-state index >= 15 is 0 Å². The molecule has 9 nitrogen and oxygen atoms in total. The average molecular weight is 448 g/mol. The van der Waals surface area contributed by atoms with E-state index in [0.717, 1.165) is 45.5 Å². The van der Waals surface area contributed by atoms with Gasteiger partial charge in [-0.25, -0.2) is 4.68 Å². The molecule has 0 radical (unpaired) electrons. The highest BCUT2D eigenvalue weighted by molar-refractivity contribution is 5.87. The van der Waals surface area contributed by atoms with Crippen LogP contribution in [-0.2, 0) is 31.9 Å². The zero-order valence-corrected chi connectivity index (χ0v) is 19.7. The van der Waals surface area contributed by atoms with Gasteiger partial charge in [0.05, 0.1) is 41.8 Å². The van der Waals surface area contributed by atoms with E-state index in [-0.39, 0.29) is 11.8 Å². The smallest absolute Gasteiger partial charge is 0.219 e. The highest BCUT2D eigenvalue weighted by Crippen LogP contribution is 2.35. The lowest BCUT2D eigenvalue weighted by atomic mass is 9.93. The third-order valence-corrected chi connectivity index (χ3v) is 6.69. The van der Waals surface area contributed by atoms with Crippen LogP contribution in [0.3, 0.4) is 0 Å². The number of rotatable bonds is 0. The Morgan fingerprint density at radius 2 is 2.06 bits per heavy atom. The molecule has 33 heavy (non-hydrogen) atoms. The molecule has 3 aromatic heterocycles. The van der Waals surface area contributed by atoms with Gasteiger partial charge in [0.1, 0.15) is 6.61 Å². The number of fused-ring (bicyclic) bond motifs is 4. The molecule has 2 bridgehead atoms. The second kappa shape index (κ2) is 8.06. The summed E-state index contributed by atoms with van der Waals surface area (Å²) in [6, 6.07) is 6.27. The molecule has 0 saturated carbocycles. The summed E-state index contributed by atoms with van der Waals surface area (Å²) in [5, 5.41) is 18.1. The maximum Gasteiger partial charge on any atom is 0.219 e. The first-order chi connectivity index (χ1) is 15.8. The molecule has 9 heteroatoms. The second-order valence-electron chi connectivity index (χ2n) is 8.88. The third kappa shape index (κ3) is 3.67. The van der Waals surface area contributed by atoms with Crippen LogP contribution in [0.4, 0.5) is 0 Å². The van der Waals surface area contributed by atoms with Gasteiger partial charge in [0.2, 0.25) is 11.8 Å². The molecule has 1 atom stereocenters. The number of hydrogen-bond donors (Lipinski definition) is 1. The molecular formula is C24H29N7O2.